The van der Waals surface area contributed by atoms with E-state index in [2.05, 4.69) is 31.6 Å². The summed E-state index contributed by atoms with van der Waals surface area (Å²) in [5.41, 5.74) is 3.97. The van der Waals surface area contributed by atoms with E-state index in [4.69, 9.17) is 0 Å². The van der Waals surface area contributed by atoms with Crippen molar-refractivity contribution >= 4 is 33.4 Å². The Morgan fingerprint density at radius 3 is 2.62 bits per heavy atom. The zero-order valence-electron chi connectivity index (χ0n) is 17.8. The first-order valence-electron chi connectivity index (χ1n) is 10.9. The monoisotopic (exact) mass is 493 g/mol. The lowest BCUT2D eigenvalue weighted by Crippen LogP contribution is -2.28. The molecule has 2 fully saturated rings. The first kappa shape index (κ1) is 20.9. The summed E-state index contributed by atoms with van der Waals surface area (Å²) in [6.07, 6.45) is 3.54. The number of aromatic nitrogens is 3. The minimum absolute atomic E-state index is 0.150. The second kappa shape index (κ2) is 8.50. The van der Waals surface area contributed by atoms with E-state index >= 15 is 0 Å². The maximum Gasteiger partial charge on any atom is 0.274 e. The van der Waals surface area contributed by atoms with Gasteiger partial charge in [-0.2, -0.15) is 0 Å². The fourth-order valence-corrected chi connectivity index (χ4v) is 4.44. The van der Waals surface area contributed by atoms with Crippen molar-refractivity contribution in [3.63, 3.8) is 0 Å². The third kappa shape index (κ3) is 4.07. The van der Waals surface area contributed by atoms with Crippen molar-refractivity contribution in [3.8, 4) is 5.69 Å². The van der Waals surface area contributed by atoms with Gasteiger partial charge in [-0.1, -0.05) is 33.3 Å². The maximum atomic E-state index is 13.2. The van der Waals surface area contributed by atoms with Crippen LogP contribution in [0.2, 0.25) is 0 Å². The molecule has 0 radical (unpaired) electrons. The Bertz CT molecular complexity index is 1170. The fraction of sp³-hybridized carbons (Fsp3) is 0.333. The van der Waals surface area contributed by atoms with Gasteiger partial charge in [-0.3, -0.25) is 9.59 Å². The molecule has 1 unspecified atom stereocenters. The van der Waals surface area contributed by atoms with Crippen molar-refractivity contribution in [1.29, 1.82) is 0 Å². The van der Waals surface area contributed by atoms with E-state index < -0.39 is 0 Å². The molecular weight excluding hydrogens is 470 g/mol. The number of carbonyl (C=O) groups excluding carboxylic acids is 2. The third-order valence-corrected chi connectivity index (χ3v) is 6.59. The SMILES string of the molecule is CC(NC(=O)c1nnn(-c2ccc(Br)cc2)c1C1CC1)c1cccc(N2CCCC2=O)c1. The van der Waals surface area contributed by atoms with E-state index in [1.165, 1.54) is 0 Å². The smallest absolute Gasteiger partial charge is 0.274 e. The molecule has 0 spiro atoms. The standard InChI is InChI=1S/C24H24BrN5O2/c1-15(17-4-2-5-20(14-17)29-13-3-6-21(29)31)26-24(32)22-23(16-7-8-16)30(28-27-22)19-11-9-18(25)10-12-19/h2,4-5,9-12,14-16H,3,6-8,13H2,1H3,(H,26,32). The molecule has 3 aromatic rings. The molecule has 2 amide bonds. The van der Waals surface area contributed by atoms with Crippen LogP contribution in [0.3, 0.4) is 0 Å². The highest BCUT2D eigenvalue weighted by molar-refractivity contribution is 9.10. The zero-order chi connectivity index (χ0) is 22.2. The lowest BCUT2D eigenvalue weighted by Gasteiger charge is -2.19. The Balaban J connectivity index is 1.37. The molecular formula is C24H24BrN5O2. The van der Waals surface area contributed by atoms with Crippen LogP contribution in [0.4, 0.5) is 5.69 Å². The van der Waals surface area contributed by atoms with Crippen LogP contribution in [0.1, 0.15) is 66.3 Å². The van der Waals surface area contributed by atoms with Gasteiger partial charge in [0.15, 0.2) is 5.69 Å². The van der Waals surface area contributed by atoms with Crippen molar-refractivity contribution in [3.05, 3.63) is 70.0 Å². The average molecular weight is 494 g/mol. The van der Waals surface area contributed by atoms with Crippen molar-refractivity contribution < 1.29 is 9.59 Å². The molecule has 1 aliphatic heterocycles. The Morgan fingerprint density at radius 1 is 1.16 bits per heavy atom. The van der Waals surface area contributed by atoms with Gasteiger partial charge in [0, 0.05) is 29.0 Å². The molecule has 5 rings (SSSR count). The number of benzene rings is 2. The van der Waals surface area contributed by atoms with Crippen LogP contribution in [-0.4, -0.2) is 33.4 Å². The maximum absolute atomic E-state index is 13.2. The number of hydrogen-bond acceptors (Lipinski definition) is 4. The molecule has 7 nitrogen and oxygen atoms in total. The highest BCUT2D eigenvalue weighted by Gasteiger charge is 2.34. The highest BCUT2D eigenvalue weighted by atomic mass is 79.9. The van der Waals surface area contributed by atoms with Crippen molar-refractivity contribution in [2.45, 2.75) is 44.6 Å². The number of nitrogens with zero attached hydrogens (tertiary/aromatic N) is 4. The summed E-state index contributed by atoms with van der Waals surface area (Å²) in [4.78, 5) is 27.1. The van der Waals surface area contributed by atoms with Gasteiger partial charge in [0.25, 0.3) is 5.91 Å². The highest BCUT2D eigenvalue weighted by Crippen LogP contribution is 2.42. The lowest BCUT2D eigenvalue weighted by molar-refractivity contribution is -0.117. The number of halogens is 1. The third-order valence-electron chi connectivity index (χ3n) is 6.06. The predicted molar refractivity (Wildman–Crippen MR) is 125 cm³/mol. The second-order valence-electron chi connectivity index (χ2n) is 8.42. The number of nitrogens with one attached hydrogen (secondary N) is 1. The largest absolute Gasteiger partial charge is 0.344 e. The second-order valence-corrected chi connectivity index (χ2v) is 9.34. The summed E-state index contributed by atoms with van der Waals surface area (Å²) in [7, 11) is 0. The van der Waals surface area contributed by atoms with E-state index in [1.54, 1.807) is 4.68 Å². The van der Waals surface area contributed by atoms with Gasteiger partial charge in [-0.15, -0.1) is 5.10 Å². The number of carbonyl (C=O) groups is 2. The molecule has 2 aromatic carbocycles. The Kier molecular flexibility index (Phi) is 5.55. The van der Waals surface area contributed by atoms with Crippen LogP contribution < -0.4 is 10.2 Å². The van der Waals surface area contributed by atoms with Crippen LogP contribution in [-0.2, 0) is 4.79 Å². The Labute approximate surface area is 194 Å². The van der Waals surface area contributed by atoms with Gasteiger partial charge in [0.05, 0.1) is 17.4 Å². The Hall–Kier alpha value is -3.00. The molecule has 32 heavy (non-hydrogen) atoms. The molecule has 1 saturated heterocycles. The van der Waals surface area contributed by atoms with Gasteiger partial charge in [0.2, 0.25) is 5.91 Å². The van der Waals surface area contributed by atoms with E-state index in [0.717, 1.165) is 52.9 Å². The van der Waals surface area contributed by atoms with Crippen LogP contribution in [0, 0.1) is 0 Å². The number of amides is 2. The topological polar surface area (TPSA) is 80.1 Å². The summed E-state index contributed by atoms with van der Waals surface area (Å²) in [6.45, 7) is 2.69. The molecule has 2 aliphatic rings. The van der Waals surface area contributed by atoms with Gasteiger partial charge in [-0.25, -0.2) is 4.68 Å². The zero-order valence-corrected chi connectivity index (χ0v) is 19.4. The van der Waals surface area contributed by atoms with Gasteiger partial charge >= 0.3 is 0 Å². The van der Waals surface area contributed by atoms with E-state index in [0.29, 0.717) is 18.0 Å². The fourth-order valence-electron chi connectivity index (χ4n) is 4.18. The number of rotatable bonds is 6. The van der Waals surface area contributed by atoms with E-state index in [1.807, 2.05) is 60.4 Å². The number of anilines is 1. The van der Waals surface area contributed by atoms with E-state index in [9.17, 15) is 9.59 Å². The molecule has 1 atom stereocenters. The lowest BCUT2D eigenvalue weighted by atomic mass is 10.1. The van der Waals surface area contributed by atoms with Crippen LogP contribution >= 0.6 is 15.9 Å². The summed E-state index contributed by atoms with van der Waals surface area (Å²) < 4.78 is 2.77. The summed E-state index contributed by atoms with van der Waals surface area (Å²) in [5, 5.41) is 11.6. The molecule has 1 aliphatic carbocycles. The molecule has 8 heteroatoms. The summed E-state index contributed by atoms with van der Waals surface area (Å²) >= 11 is 3.45. The molecule has 1 N–H and O–H groups in total. The molecule has 0 bridgehead atoms. The summed E-state index contributed by atoms with van der Waals surface area (Å²) in [5.74, 6) is 0.220. The van der Waals surface area contributed by atoms with Gasteiger partial charge < -0.3 is 10.2 Å². The first-order chi connectivity index (χ1) is 15.5. The minimum atomic E-state index is -0.231. The molecule has 1 aromatic heterocycles. The molecule has 2 heterocycles. The van der Waals surface area contributed by atoms with Crippen molar-refractivity contribution in [2.24, 2.45) is 0 Å². The molecule has 164 valence electrons. The van der Waals surface area contributed by atoms with Crippen LogP contribution in [0.5, 0.6) is 0 Å². The number of hydrogen-bond donors (Lipinski definition) is 1. The van der Waals surface area contributed by atoms with Crippen molar-refractivity contribution in [2.75, 3.05) is 11.4 Å². The van der Waals surface area contributed by atoms with Crippen LogP contribution in [0.15, 0.2) is 53.0 Å². The Morgan fingerprint density at radius 2 is 1.94 bits per heavy atom. The molecule has 1 saturated carbocycles. The van der Waals surface area contributed by atoms with E-state index in [-0.39, 0.29) is 17.9 Å². The van der Waals surface area contributed by atoms with Gasteiger partial charge in [-0.05, 0) is 68.1 Å². The average Bonchev–Trinajstić information content (AvgIpc) is 3.39. The summed E-state index contributed by atoms with van der Waals surface area (Å²) in [6, 6.07) is 15.4. The normalized spacial score (nSPS) is 16.9. The quantitative estimate of drug-likeness (QED) is 0.547. The van der Waals surface area contributed by atoms with Crippen molar-refractivity contribution in [1.82, 2.24) is 20.3 Å². The van der Waals surface area contributed by atoms with Crippen LogP contribution in [0.25, 0.3) is 5.69 Å². The minimum Gasteiger partial charge on any atom is -0.344 e. The predicted octanol–water partition coefficient (Wildman–Crippen LogP) is 4.53. The first-order valence-corrected chi connectivity index (χ1v) is 11.7. The van der Waals surface area contributed by atoms with Gasteiger partial charge in [0.1, 0.15) is 0 Å².